The van der Waals surface area contributed by atoms with Crippen LogP contribution in [0.2, 0.25) is 0 Å². The molecule has 0 radical (unpaired) electrons. The summed E-state index contributed by atoms with van der Waals surface area (Å²) in [7, 11) is -3.53. The number of ether oxygens (including phenoxy) is 1. The first-order valence-electron chi connectivity index (χ1n) is 11.3. The predicted octanol–water partition coefficient (Wildman–Crippen LogP) is 5.26. The number of hydrogen-bond donors (Lipinski definition) is 0. The number of sulfonamides is 1. The third-order valence-corrected chi connectivity index (χ3v) is 9.80. The van der Waals surface area contributed by atoms with Crippen LogP contribution in [-0.2, 0) is 27.1 Å². The van der Waals surface area contributed by atoms with Crippen LogP contribution < -0.4 is 0 Å². The van der Waals surface area contributed by atoms with Gasteiger partial charge in [0.25, 0.3) is 0 Å². The fourth-order valence-corrected chi connectivity index (χ4v) is 6.98. The molecule has 1 fully saturated rings. The standard InChI is InChI=1S/C24H31N3O3S3/c1-4-26(5-2)33(28,29)21-12-13-23-22(15-21)25-24(27(23)16-19-7-6-14-30-19)32-17-18-8-10-20(31-3)11-9-18/h8-13,15,19H,4-7,14,16-17H2,1-3H3. The smallest absolute Gasteiger partial charge is 0.243 e. The molecule has 33 heavy (non-hydrogen) atoms. The maximum Gasteiger partial charge on any atom is 0.243 e. The van der Waals surface area contributed by atoms with Crippen molar-refractivity contribution in [2.75, 3.05) is 26.0 Å². The predicted molar refractivity (Wildman–Crippen MR) is 137 cm³/mol. The first-order valence-corrected chi connectivity index (χ1v) is 15.0. The van der Waals surface area contributed by atoms with E-state index in [1.807, 2.05) is 19.9 Å². The van der Waals surface area contributed by atoms with Crippen molar-refractivity contribution in [3.8, 4) is 0 Å². The molecule has 1 saturated heterocycles. The van der Waals surface area contributed by atoms with Crippen molar-refractivity contribution in [2.24, 2.45) is 0 Å². The van der Waals surface area contributed by atoms with Gasteiger partial charge in [0.05, 0.1) is 28.6 Å². The summed E-state index contributed by atoms with van der Waals surface area (Å²) >= 11 is 3.41. The van der Waals surface area contributed by atoms with Crippen LogP contribution in [0.4, 0.5) is 0 Å². The van der Waals surface area contributed by atoms with Gasteiger partial charge in [0.2, 0.25) is 10.0 Å². The second-order valence-corrected chi connectivity index (χ2v) is 11.8. The number of fused-ring (bicyclic) bond motifs is 1. The molecule has 1 aliphatic rings. The molecule has 1 aromatic heterocycles. The number of hydrogen-bond acceptors (Lipinski definition) is 6. The second-order valence-electron chi connectivity index (χ2n) is 8.02. The zero-order valence-electron chi connectivity index (χ0n) is 19.4. The highest BCUT2D eigenvalue weighted by Crippen LogP contribution is 2.31. The molecular formula is C24H31N3O3S3. The molecule has 0 N–H and O–H groups in total. The summed E-state index contributed by atoms with van der Waals surface area (Å²) < 4.78 is 35.6. The van der Waals surface area contributed by atoms with Crippen LogP contribution in [-0.4, -0.2) is 54.3 Å². The van der Waals surface area contributed by atoms with E-state index < -0.39 is 10.0 Å². The summed E-state index contributed by atoms with van der Waals surface area (Å²) in [5.41, 5.74) is 2.89. The van der Waals surface area contributed by atoms with Crippen molar-refractivity contribution >= 4 is 44.6 Å². The molecule has 1 unspecified atom stereocenters. The second kappa shape index (κ2) is 10.8. The highest BCUT2D eigenvalue weighted by molar-refractivity contribution is 7.98. The highest BCUT2D eigenvalue weighted by atomic mass is 32.2. The van der Waals surface area contributed by atoms with E-state index in [0.29, 0.717) is 23.5 Å². The van der Waals surface area contributed by atoms with Crippen LogP contribution in [0.15, 0.2) is 57.4 Å². The molecule has 1 aliphatic heterocycles. The Bertz CT molecular complexity index is 1180. The molecule has 0 aliphatic carbocycles. The molecule has 178 valence electrons. The van der Waals surface area contributed by atoms with E-state index in [2.05, 4.69) is 35.1 Å². The number of benzene rings is 2. The molecule has 9 heteroatoms. The highest BCUT2D eigenvalue weighted by Gasteiger charge is 2.24. The van der Waals surface area contributed by atoms with Crippen LogP contribution in [0.25, 0.3) is 11.0 Å². The SMILES string of the molecule is CCN(CC)S(=O)(=O)c1ccc2c(c1)nc(SCc1ccc(SC)cc1)n2CC1CCCO1. The summed E-state index contributed by atoms with van der Waals surface area (Å²) in [5, 5.41) is 0.895. The third kappa shape index (κ3) is 5.43. The summed E-state index contributed by atoms with van der Waals surface area (Å²) in [4.78, 5) is 6.41. The van der Waals surface area contributed by atoms with E-state index in [4.69, 9.17) is 9.72 Å². The number of aromatic nitrogens is 2. The maximum atomic E-state index is 13.0. The summed E-state index contributed by atoms with van der Waals surface area (Å²) in [6, 6.07) is 13.9. The fraction of sp³-hybridized carbons (Fsp3) is 0.458. The average Bonchev–Trinajstić information content (AvgIpc) is 3.46. The van der Waals surface area contributed by atoms with Gasteiger partial charge in [-0.3, -0.25) is 0 Å². The third-order valence-electron chi connectivity index (χ3n) is 5.97. The minimum Gasteiger partial charge on any atom is -0.376 e. The van der Waals surface area contributed by atoms with E-state index >= 15 is 0 Å². The van der Waals surface area contributed by atoms with E-state index in [9.17, 15) is 8.42 Å². The van der Waals surface area contributed by atoms with Crippen molar-refractivity contribution in [1.29, 1.82) is 0 Å². The Labute approximate surface area is 205 Å². The Morgan fingerprint density at radius 2 is 1.91 bits per heavy atom. The molecule has 6 nitrogen and oxygen atoms in total. The Hall–Kier alpha value is -1.52. The summed E-state index contributed by atoms with van der Waals surface area (Å²) in [6.45, 7) is 6.13. The molecule has 2 aromatic carbocycles. The van der Waals surface area contributed by atoms with E-state index in [0.717, 1.165) is 42.4 Å². The zero-order chi connectivity index (χ0) is 23.4. The lowest BCUT2D eigenvalue weighted by Crippen LogP contribution is -2.30. The Kier molecular flexibility index (Phi) is 8.07. The van der Waals surface area contributed by atoms with Gasteiger partial charge < -0.3 is 9.30 Å². The number of imidazole rings is 1. The van der Waals surface area contributed by atoms with Gasteiger partial charge >= 0.3 is 0 Å². The van der Waals surface area contributed by atoms with Crippen LogP contribution >= 0.6 is 23.5 Å². The quantitative estimate of drug-likeness (QED) is 0.350. The van der Waals surface area contributed by atoms with Gasteiger partial charge in [0, 0.05) is 30.3 Å². The minimum absolute atomic E-state index is 0.168. The van der Waals surface area contributed by atoms with Gasteiger partial charge in [0.1, 0.15) is 0 Å². The molecule has 2 heterocycles. The van der Waals surface area contributed by atoms with E-state index in [-0.39, 0.29) is 6.10 Å². The van der Waals surface area contributed by atoms with Gasteiger partial charge in [-0.1, -0.05) is 37.7 Å². The molecule has 1 atom stereocenters. The van der Waals surface area contributed by atoms with E-state index in [1.165, 1.54) is 14.8 Å². The van der Waals surface area contributed by atoms with Crippen LogP contribution in [0.5, 0.6) is 0 Å². The van der Waals surface area contributed by atoms with Gasteiger partial charge in [0.15, 0.2) is 5.16 Å². The lowest BCUT2D eigenvalue weighted by molar-refractivity contribution is 0.0960. The van der Waals surface area contributed by atoms with Crippen LogP contribution in [0.1, 0.15) is 32.3 Å². The number of nitrogens with zero attached hydrogens (tertiary/aromatic N) is 3. The summed E-state index contributed by atoms with van der Waals surface area (Å²) in [6.07, 6.45) is 4.36. The Morgan fingerprint density at radius 1 is 1.15 bits per heavy atom. The normalized spacial score (nSPS) is 16.8. The zero-order valence-corrected chi connectivity index (χ0v) is 21.8. The van der Waals surface area contributed by atoms with Gasteiger partial charge in [-0.05, 0) is 55.0 Å². The molecule has 0 bridgehead atoms. The molecular weight excluding hydrogens is 474 g/mol. The first kappa shape index (κ1) is 24.6. The topological polar surface area (TPSA) is 64.4 Å². The number of rotatable bonds is 10. The fourth-order valence-electron chi connectivity index (χ4n) is 4.11. The first-order chi connectivity index (χ1) is 16.0. The van der Waals surface area contributed by atoms with Crippen LogP contribution in [0, 0.1) is 0 Å². The summed E-state index contributed by atoms with van der Waals surface area (Å²) in [5.74, 6) is 0.800. The van der Waals surface area contributed by atoms with Crippen molar-refractivity contribution in [2.45, 2.75) is 60.0 Å². The molecule has 3 aromatic rings. The molecule has 0 spiro atoms. The van der Waals surface area contributed by atoms with Crippen molar-refractivity contribution < 1.29 is 13.2 Å². The monoisotopic (exact) mass is 505 g/mol. The average molecular weight is 506 g/mol. The van der Waals surface area contributed by atoms with Crippen LogP contribution in [0.3, 0.4) is 0 Å². The van der Waals surface area contributed by atoms with Gasteiger partial charge in [-0.2, -0.15) is 4.31 Å². The number of thioether (sulfide) groups is 2. The van der Waals surface area contributed by atoms with E-state index in [1.54, 1.807) is 35.7 Å². The molecule has 4 rings (SSSR count). The maximum absolute atomic E-state index is 13.0. The minimum atomic E-state index is -3.53. The largest absolute Gasteiger partial charge is 0.376 e. The van der Waals surface area contributed by atoms with Gasteiger partial charge in [-0.25, -0.2) is 13.4 Å². The van der Waals surface area contributed by atoms with Crippen molar-refractivity contribution in [3.63, 3.8) is 0 Å². The Morgan fingerprint density at radius 3 is 2.55 bits per heavy atom. The van der Waals surface area contributed by atoms with Gasteiger partial charge in [-0.15, -0.1) is 11.8 Å². The van der Waals surface area contributed by atoms with Crippen molar-refractivity contribution in [3.05, 3.63) is 48.0 Å². The molecule has 0 amide bonds. The lowest BCUT2D eigenvalue weighted by Gasteiger charge is -2.18. The van der Waals surface area contributed by atoms with Crippen molar-refractivity contribution in [1.82, 2.24) is 13.9 Å². The molecule has 0 saturated carbocycles. The Balaban J connectivity index is 1.67. The lowest BCUT2D eigenvalue weighted by atomic mass is 10.2.